The van der Waals surface area contributed by atoms with E-state index in [0.29, 0.717) is 11.3 Å². The minimum absolute atomic E-state index is 0.145. The van der Waals surface area contributed by atoms with Gasteiger partial charge in [-0.1, -0.05) is 18.2 Å². The van der Waals surface area contributed by atoms with Gasteiger partial charge in [0.15, 0.2) is 5.65 Å². The monoisotopic (exact) mass is 365 g/mol. The molecule has 0 saturated carbocycles. The van der Waals surface area contributed by atoms with Gasteiger partial charge in [-0.05, 0) is 31.2 Å². The zero-order valence-corrected chi connectivity index (χ0v) is 14.7. The van der Waals surface area contributed by atoms with Crippen LogP contribution in [0.5, 0.6) is 0 Å². The van der Waals surface area contributed by atoms with E-state index in [0.717, 1.165) is 20.9 Å². The normalized spacial score (nSPS) is 11.0. The van der Waals surface area contributed by atoms with Crippen LogP contribution in [0.3, 0.4) is 0 Å². The quantitative estimate of drug-likeness (QED) is 0.603. The number of aryl methyl sites for hydroxylation is 1. The number of hydrogen-bond acceptors (Lipinski definition) is 5. The standard InChI is InChI=1S/C18H15N5O2S/c1-12-19-15(11-26-12)13-5-7-14(8-6-13)20-17(24)10-23-18(25)22-9-3-2-4-16(22)21-23/h2-9,11H,10H2,1H3,(H,20,24). The fourth-order valence-corrected chi connectivity index (χ4v) is 3.25. The number of nitrogens with one attached hydrogen (secondary N) is 1. The van der Waals surface area contributed by atoms with Gasteiger partial charge < -0.3 is 5.32 Å². The van der Waals surface area contributed by atoms with E-state index in [2.05, 4.69) is 15.4 Å². The summed E-state index contributed by atoms with van der Waals surface area (Å²) in [4.78, 5) is 28.9. The molecule has 1 N–H and O–H groups in total. The van der Waals surface area contributed by atoms with Crippen molar-refractivity contribution in [3.63, 3.8) is 0 Å². The number of fused-ring (bicyclic) bond motifs is 1. The second kappa shape index (κ2) is 6.57. The minimum atomic E-state index is -0.343. The zero-order chi connectivity index (χ0) is 18.1. The summed E-state index contributed by atoms with van der Waals surface area (Å²) >= 11 is 1.60. The van der Waals surface area contributed by atoms with Crippen molar-refractivity contribution >= 4 is 28.6 Å². The van der Waals surface area contributed by atoms with Gasteiger partial charge in [0.05, 0.1) is 10.7 Å². The fraction of sp³-hybridized carbons (Fsp3) is 0.111. The number of thiazole rings is 1. The predicted octanol–water partition coefficient (Wildman–Crippen LogP) is 2.57. The molecule has 3 heterocycles. The fourth-order valence-electron chi connectivity index (χ4n) is 2.63. The molecular formula is C18H15N5O2S. The van der Waals surface area contributed by atoms with Gasteiger partial charge in [0.1, 0.15) is 6.54 Å². The summed E-state index contributed by atoms with van der Waals surface area (Å²) in [6.07, 6.45) is 1.62. The van der Waals surface area contributed by atoms with Crippen molar-refractivity contribution in [3.8, 4) is 11.3 Å². The Labute approximate surface area is 152 Å². The number of carbonyl (C=O) groups excluding carboxylic acids is 1. The molecule has 26 heavy (non-hydrogen) atoms. The van der Waals surface area contributed by atoms with E-state index in [1.807, 2.05) is 36.6 Å². The lowest BCUT2D eigenvalue weighted by atomic mass is 10.1. The van der Waals surface area contributed by atoms with Gasteiger partial charge in [0.25, 0.3) is 0 Å². The van der Waals surface area contributed by atoms with Crippen molar-refractivity contribution in [3.05, 3.63) is 69.5 Å². The lowest BCUT2D eigenvalue weighted by Gasteiger charge is -2.05. The van der Waals surface area contributed by atoms with Gasteiger partial charge in [-0.15, -0.1) is 16.4 Å². The molecule has 4 aromatic rings. The lowest BCUT2D eigenvalue weighted by Crippen LogP contribution is -2.28. The zero-order valence-electron chi connectivity index (χ0n) is 13.9. The predicted molar refractivity (Wildman–Crippen MR) is 100 cm³/mol. The highest BCUT2D eigenvalue weighted by Crippen LogP contribution is 2.23. The van der Waals surface area contributed by atoms with Gasteiger partial charge in [-0.2, -0.15) is 0 Å². The van der Waals surface area contributed by atoms with E-state index in [9.17, 15) is 9.59 Å². The third kappa shape index (κ3) is 3.14. The first-order valence-electron chi connectivity index (χ1n) is 7.97. The number of amides is 1. The van der Waals surface area contributed by atoms with Crippen LogP contribution in [-0.2, 0) is 11.3 Å². The first-order valence-corrected chi connectivity index (χ1v) is 8.85. The first-order chi connectivity index (χ1) is 12.6. The molecule has 0 spiro atoms. The van der Waals surface area contributed by atoms with Crippen molar-refractivity contribution in [2.45, 2.75) is 13.5 Å². The van der Waals surface area contributed by atoms with Crippen molar-refractivity contribution in [1.82, 2.24) is 19.2 Å². The van der Waals surface area contributed by atoms with Crippen LogP contribution in [0.25, 0.3) is 16.9 Å². The van der Waals surface area contributed by atoms with E-state index < -0.39 is 0 Å². The summed E-state index contributed by atoms with van der Waals surface area (Å²) in [6, 6.07) is 12.7. The topological polar surface area (TPSA) is 81.3 Å². The maximum Gasteiger partial charge on any atom is 0.350 e. The number of benzene rings is 1. The Kier molecular flexibility index (Phi) is 4.10. The molecule has 3 aromatic heterocycles. The molecule has 0 unspecified atom stereocenters. The maximum absolute atomic E-state index is 12.2. The Bertz CT molecular complexity index is 1140. The molecule has 0 atom stereocenters. The average molecular weight is 365 g/mol. The average Bonchev–Trinajstić information content (AvgIpc) is 3.20. The van der Waals surface area contributed by atoms with Crippen LogP contribution >= 0.6 is 11.3 Å². The van der Waals surface area contributed by atoms with Crippen LogP contribution in [0.4, 0.5) is 5.69 Å². The smallest absolute Gasteiger partial charge is 0.324 e. The maximum atomic E-state index is 12.2. The largest absolute Gasteiger partial charge is 0.350 e. The molecule has 0 fully saturated rings. The molecule has 1 amide bonds. The Balaban J connectivity index is 1.47. The number of rotatable bonds is 4. The molecule has 0 saturated heterocycles. The number of hydrogen-bond donors (Lipinski definition) is 1. The van der Waals surface area contributed by atoms with Gasteiger partial charge in [-0.3, -0.25) is 9.20 Å². The molecule has 0 aliphatic heterocycles. The molecule has 0 aliphatic rings. The summed E-state index contributed by atoms with van der Waals surface area (Å²) in [5, 5.41) is 9.94. The molecule has 0 bridgehead atoms. The number of anilines is 1. The van der Waals surface area contributed by atoms with Crippen LogP contribution in [-0.4, -0.2) is 25.1 Å². The van der Waals surface area contributed by atoms with Crippen molar-refractivity contribution in [2.24, 2.45) is 0 Å². The minimum Gasteiger partial charge on any atom is -0.324 e. The van der Waals surface area contributed by atoms with Crippen molar-refractivity contribution < 1.29 is 4.79 Å². The Hall–Kier alpha value is -3.26. The highest BCUT2D eigenvalue weighted by molar-refractivity contribution is 7.09. The summed E-state index contributed by atoms with van der Waals surface area (Å²) < 4.78 is 2.55. The number of pyridine rings is 1. The molecule has 7 nitrogen and oxygen atoms in total. The summed E-state index contributed by atoms with van der Waals surface area (Å²) in [6.45, 7) is 1.82. The number of nitrogens with zero attached hydrogens (tertiary/aromatic N) is 4. The molecule has 8 heteroatoms. The molecule has 0 radical (unpaired) electrons. The second-order valence-electron chi connectivity index (χ2n) is 5.75. The van der Waals surface area contributed by atoms with E-state index in [4.69, 9.17) is 0 Å². The van der Waals surface area contributed by atoms with Gasteiger partial charge in [-0.25, -0.2) is 14.5 Å². The van der Waals surface area contributed by atoms with Crippen LogP contribution in [0.2, 0.25) is 0 Å². The van der Waals surface area contributed by atoms with Crippen LogP contribution in [0, 0.1) is 6.92 Å². The van der Waals surface area contributed by atoms with Crippen LogP contribution in [0.15, 0.2) is 58.8 Å². The Morgan fingerprint density at radius 3 is 2.69 bits per heavy atom. The molecule has 0 aliphatic carbocycles. The van der Waals surface area contributed by atoms with E-state index in [-0.39, 0.29) is 18.1 Å². The summed E-state index contributed by atoms with van der Waals surface area (Å²) in [5.74, 6) is -0.312. The van der Waals surface area contributed by atoms with E-state index in [1.165, 1.54) is 4.40 Å². The van der Waals surface area contributed by atoms with Gasteiger partial charge in [0, 0.05) is 22.8 Å². The number of carbonyl (C=O) groups is 1. The highest BCUT2D eigenvalue weighted by Gasteiger charge is 2.11. The second-order valence-corrected chi connectivity index (χ2v) is 6.81. The van der Waals surface area contributed by atoms with E-state index in [1.54, 1.807) is 35.7 Å². The number of aromatic nitrogens is 4. The van der Waals surface area contributed by atoms with Crippen LogP contribution in [0.1, 0.15) is 5.01 Å². The molecule has 1 aromatic carbocycles. The third-order valence-electron chi connectivity index (χ3n) is 3.87. The summed E-state index contributed by atoms with van der Waals surface area (Å²) in [5.41, 5.74) is 2.73. The SMILES string of the molecule is Cc1nc(-c2ccc(NC(=O)Cn3nc4ccccn4c3=O)cc2)cs1. The Morgan fingerprint density at radius 2 is 2.00 bits per heavy atom. The molecular weight excluding hydrogens is 350 g/mol. The van der Waals surface area contributed by atoms with Gasteiger partial charge in [0.2, 0.25) is 5.91 Å². The third-order valence-corrected chi connectivity index (χ3v) is 4.64. The van der Waals surface area contributed by atoms with Crippen molar-refractivity contribution in [2.75, 3.05) is 5.32 Å². The Morgan fingerprint density at radius 1 is 1.19 bits per heavy atom. The lowest BCUT2D eigenvalue weighted by molar-refractivity contribution is -0.117. The molecule has 4 rings (SSSR count). The van der Waals surface area contributed by atoms with Crippen LogP contribution < -0.4 is 11.0 Å². The highest BCUT2D eigenvalue weighted by atomic mass is 32.1. The van der Waals surface area contributed by atoms with Gasteiger partial charge >= 0.3 is 5.69 Å². The summed E-state index contributed by atoms with van der Waals surface area (Å²) in [7, 11) is 0. The molecule has 130 valence electrons. The van der Waals surface area contributed by atoms with Crippen molar-refractivity contribution in [1.29, 1.82) is 0 Å². The first kappa shape index (κ1) is 16.2. The van der Waals surface area contributed by atoms with E-state index >= 15 is 0 Å².